The fourth-order valence-electron chi connectivity index (χ4n) is 2.25. The van der Waals surface area contributed by atoms with Gasteiger partial charge in [0.2, 0.25) is 11.8 Å². The molecule has 1 saturated heterocycles. The zero-order chi connectivity index (χ0) is 16.3. The van der Waals surface area contributed by atoms with E-state index in [4.69, 9.17) is 5.11 Å². The molecule has 0 aliphatic carbocycles. The molecule has 1 heterocycles. The summed E-state index contributed by atoms with van der Waals surface area (Å²) in [6, 6.07) is 3.06. The molecule has 2 rings (SSSR count). The van der Waals surface area contributed by atoms with Crippen molar-refractivity contribution in [3.05, 3.63) is 39.4 Å². The van der Waals surface area contributed by atoms with Crippen LogP contribution in [0.15, 0.2) is 18.2 Å². The molecule has 22 heavy (non-hydrogen) atoms. The zero-order valence-electron chi connectivity index (χ0n) is 11.4. The van der Waals surface area contributed by atoms with Crippen LogP contribution >= 0.6 is 0 Å². The number of piperidine rings is 1. The highest BCUT2D eigenvalue weighted by molar-refractivity contribution is 6.00. The number of carboxylic acids is 1. The lowest BCUT2D eigenvalue weighted by Gasteiger charge is -2.22. The fraction of sp³-hybridized carbons (Fsp3) is 0.308. The first-order chi connectivity index (χ1) is 10.4. The summed E-state index contributed by atoms with van der Waals surface area (Å²) in [6.07, 6.45) is 0.416. The minimum absolute atomic E-state index is 0.00954. The lowest BCUT2D eigenvalue weighted by molar-refractivity contribution is -0.385. The molecule has 9 nitrogen and oxygen atoms in total. The van der Waals surface area contributed by atoms with Crippen molar-refractivity contribution in [1.29, 1.82) is 0 Å². The predicted octanol–water partition coefficient (Wildman–Crippen LogP) is 0.188. The number of nitrogens with one attached hydrogen (secondary N) is 2. The average molecular weight is 307 g/mol. The quantitative estimate of drug-likeness (QED) is 0.401. The molecule has 0 bridgehead atoms. The number of benzene rings is 1. The van der Waals surface area contributed by atoms with Gasteiger partial charge in [-0.15, -0.1) is 0 Å². The molecule has 2 amide bonds. The van der Waals surface area contributed by atoms with Crippen molar-refractivity contribution in [1.82, 2.24) is 10.6 Å². The maximum absolute atomic E-state index is 11.6. The van der Waals surface area contributed by atoms with Crippen molar-refractivity contribution in [2.45, 2.75) is 25.4 Å². The number of hydrogen-bond acceptors (Lipinski definition) is 6. The Hall–Kier alpha value is -2.81. The highest BCUT2D eigenvalue weighted by atomic mass is 16.6. The van der Waals surface area contributed by atoms with Crippen LogP contribution in [0.4, 0.5) is 5.69 Å². The molecule has 1 aliphatic heterocycles. The second kappa shape index (κ2) is 6.31. The van der Waals surface area contributed by atoms with Crippen LogP contribution in [0.2, 0.25) is 0 Å². The maximum atomic E-state index is 11.6. The number of rotatable bonds is 5. The van der Waals surface area contributed by atoms with Crippen LogP contribution in [-0.2, 0) is 16.1 Å². The van der Waals surface area contributed by atoms with Gasteiger partial charge in [-0.2, -0.15) is 0 Å². The molecule has 1 aliphatic rings. The normalized spacial score (nSPS) is 17.9. The van der Waals surface area contributed by atoms with E-state index in [1.165, 1.54) is 18.2 Å². The number of nitro benzene ring substituents is 1. The van der Waals surface area contributed by atoms with Crippen molar-refractivity contribution >= 4 is 23.5 Å². The van der Waals surface area contributed by atoms with E-state index in [0.29, 0.717) is 0 Å². The van der Waals surface area contributed by atoms with E-state index in [9.17, 15) is 24.5 Å². The van der Waals surface area contributed by atoms with Crippen molar-refractivity contribution in [3.8, 4) is 0 Å². The number of carbonyl (C=O) groups excluding carboxylic acids is 2. The molecule has 0 saturated carbocycles. The highest BCUT2D eigenvalue weighted by Gasteiger charge is 2.28. The number of amides is 2. The zero-order valence-corrected chi connectivity index (χ0v) is 11.4. The Morgan fingerprint density at radius 1 is 1.45 bits per heavy atom. The number of imide groups is 1. The lowest BCUT2D eigenvalue weighted by atomic mass is 10.0. The second-order valence-electron chi connectivity index (χ2n) is 4.75. The lowest BCUT2D eigenvalue weighted by Crippen LogP contribution is -2.50. The first kappa shape index (κ1) is 15.6. The van der Waals surface area contributed by atoms with Gasteiger partial charge in [-0.05, 0) is 12.5 Å². The predicted molar refractivity (Wildman–Crippen MR) is 73.1 cm³/mol. The van der Waals surface area contributed by atoms with Crippen molar-refractivity contribution in [2.24, 2.45) is 0 Å². The number of aromatic carboxylic acids is 1. The number of carboxylic acid groups (broad SMARTS) is 1. The molecule has 116 valence electrons. The SMILES string of the molecule is O=C1CCC(NCc2c(C(=O)O)cccc2[N+](=O)[O-])C(=O)N1. The Kier molecular flexibility index (Phi) is 4.47. The smallest absolute Gasteiger partial charge is 0.336 e. The van der Waals surface area contributed by atoms with Crippen LogP contribution in [0.5, 0.6) is 0 Å². The standard InChI is InChI=1S/C13H13N3O6/c17-11-5-4-9(12(18)15-11)14-6-8-7(13(19)20)2-1-3-10(8)16(21)22/h1-3,9,14H,4-6H2,(H,19,20)(H,15,17,18). The molecule has 0 radical (unpaired) electrons. The van der Waals surface area contributed by atoms with Gasteiger partial charge in [-0.1, -0.05) is 6.07 Å². The van der Waals surface area contributed by atoms with Crippen LogP contribution in [0.1, 0.15) is 28.8 Å². The number of nitro groups is 1. The molecule has 0 aromatic heterocycles. The van der Waals surface area contributed by atoms with Crippen molar-refractivity contribution in [3.63, 3.8) is 0 Å². The maximum Gasteiger partial charge on any atom is 0.336 e. The largest absolute Gasteiger partial charge is 0.478 e. The van der Waals surface area contributed by atoms with E-state index in [0.717, 1.165) is 0 Å². The molecule has 1 aromatic carbocycles. The number of hydrogen-bond donors (Lipinski definition) is 3. The van der Waals surface area contributed by atoms with Gasteiger partial charge in [-0.3, -0.25) is 25.0 Å². The molecule has 3 N–H and O–H groups in total. The summed E-state index contributed by atoms with van der Waals surface area (Å²) in [6.45, 7) is -0.162. The third kappa shape index (κ3) is 3.26. The van der Waals surface area contributed by atoms with Crippen LogP contribution in [0.3, 0.4) is 0 Å². The van der Waals surface area contributed by atoms with E-state index in [1.54, 1.807) is 0 Å². The van der Waals surface area contributed by atoms with Gasteiger partial charge < -0.3 is 10.4 Å². The Balaban J connectivity index is 2.21. The van der Waals surface area contributed by atoms with Gasteiger partial charge in [0.25, 0.3) is 5.69 Å². The molecule has 1 fully saturated rings. The van der Waals surface area contributed by atoms with Crippen LogP contribution < -0.4 is 10.6 Å². The van der Waals surface area contributed by atoms with E-state index < -0.39 is 22.8 Å². The minimum atomic E-state index is -1.29. The van der Waals surface area contributed by atoms with Crippen LogP contribution in [0, 0.1) is 10.1 Å². The van der Waals surface area contributed by atoms with E-state index in [1.807, 2.05) is 0 Å². The van der Waals surface area contributed by atoms with Gasteiger partial charge >= 0.3 is 5.97 Å². The monoisotopic (exact) mass is 307 g/mol. The molecule has 1 unspecified atom stereocenters. The summed E-state index contributed by atoms with van der Waals surface area (Å²) < 4.78 is 0. The molecule has 9 heteroatoms. The van der Waals surface area contributed by atoms with Gasteiger partial charge in [0, 0.05) is 19.0 Å². The molecular weight excluding hydrogens is 294 g/mol. The van der Waals surface area contributed by atoms with Gasteiger partial charge in [0.15, 0.2) is 0 Å². The van der Waals surface area contributed by atoms with E-state index in [2.05, 4.69) is 10.6 Å². The number of carbonyl (C=O) groups is 3. The average Bonchev–Trinajstić information content (AvgIpc) is 2.45. The first-order valence-corrected chi connectivity index (χ1v) is 6.47. The molecular formula is C13H13N3O6. The van der Waals surface area contributed by atoms with Crippen LogP contribution in [0.25, 0.3) is 0 Å². The summed E-state index contributed by atoms with van der Waals surface area (Å²) in [4.78, 5) is 44.2. The first-order valence-electron chi connectivity index (χ1n) is 6.47. The highest BCUT2D eigenvalue weighted by Crippen LogP contribution is 2.23. The van der Waals surface area contributed by atoms with E-state index in [-0.39, 0.29) is 42.1 Å². The van der Waals surface area contributed by atoms with Gasteiger partial charge in [-0.25, -0.2) is 4.79 Å². The third-order valence-corrected chi connectivity index (χ3v) is 3.34. The Labute approximate surface area is 124 Å². The molecule has 1 aromatic rings. The van der Waals surface area contributed by atoms with Gasteiger partial charge in [0.1, 0.15) is 0 Å². The summed E-state index contributed by atoms with van der Waals surface area (Å²) in [7, 11) is 0. The van der Waals surface area contributed by atoms with E-state index >= 15 is 0 Å². The Morgan fingerprint density at radius 2 is 2.18 bits per heavy atom. The summed E-state index contributed by atoms with van der Waals surface area (Å²) in [5.74, 6) is -2.18. The van der Waals surface area contributed by atoms with Gasteiger partial charge in [0.05, 0.1) is 22.1 Å². The van der Waals surface area contributed by atoms with Crippen molar-refractivity contribution in [2.75, 3.05) is 0 Å². The third-order valence-electron chi connectivity index (χ3n) is 3.34. The minimum Gasteiger partial charge on any atom is -0.478 e. The Morgan fingerprint density at radius 3 is 2.77 bits per heavy atom. The van der Waals surface area contributed by atoms with Crippen LogP contribution in [-0.4, -0.2) is 33.9 Å². The topological polar surface area (TPSA) is 139 Å². The Bertz CT molecular complexity index is 625. The number of nitrogens with zero attached hydrogens (tertiary/aromatic N) is 1. The summed E-state index contributed by atoms with van der Waals surface area (Å²) >= 11 is 0. The second-order valence-corrected chi connectivity index (χ2v) is 4.75. The van der Waals surface area contributed by atoms with Crippen molar-refractivity contribution < 1.29 is 24.4 Å². The fourth-order valence-corrected chi connectivity index (χ4v) is 2.25. The summed E-state index contributed by atoms with van der Waals surface area (Å²) in [5.41, 5.74) is -0.543. The molecule has 1 atom stereocenters. The molecule has 0 spiro atoms. The summed E-state index contributed by atoms with van der Waals surface area (Å²) in [5, 5.41) is 25.1.